The van der Waals surface area contributed by atoms with Crippen molar-refractivity contribution >= 4 is 11.0 Å². The zero-order valence-corrected chi connectivity index (χ0v) is 10.7. The maximum Gasteiger partial charge on any atom is 0.141 e. The van der Waals surface area contributed by atoms with Gasteiger partial charge in [0.1, 0.15) is 23.3 Å². The predicted molar refractivity (Wildman–Crippen MR) is 71.4 cm³/mol. The Labute approximate surface area is 113 Å². The van der Waals surface area contributed by atoms with Crippen molar-refractivity contribution in [2.24, 2.45) is 5.73 Å². The lowest BCUT2D eigenvalue weighted by Gasteiger charge is -2.10. The summed E-state index contributed by atoms with van der Waals surface area (Å²) in [7, 11) is 0. The summed E-state index contributed by atoms with van der Waals surface area (Å²) in [5, 5.41) is 0. The summed E-state index contributed by atoms with van der Waals surface area (Å²) in [6.45, 7) is 1.78. The van der Waals surface area contributed by atoms with Crippen LogP contribution in [0.4, 0.5) is 8.78 Å². The van der Waals surface area contributed by atoms with E-state index in [0.29, 0.717) is 22.7 Å². The number of fused-ring (bicyclic) bond motifs is 1. The molecule has 0 amide bonds. The number of imidazole rings is 1. The Morgan fingerprint density at radius 1 is 1.15 bits per heavy atom. The Hall–Kier alpha value is -2.34. The van der Waals surface area contributed by atoms with Crippen LogP contribution in [0.3, 0.4) is 0 Å². The summed E-state index contributed by atoms with van der Waals surface area (Å²) in [5.41, 5.74) is 7.07. The van der Waals surface area contributed by atoms with Crippen LogP contribution < -0.4 is 5.73 Å². The van der Waals surface area contributed by atoms with Crippen molar-refractivity contribution in [2.45, 2.75) is 13.0 Å². The van der Waals surface area contributed by atoms with Gasteiger partial charge in [0.25, 0.3) is 0 Å². The van der Waals surface area contributed by atoms with Gasteiger partial charge in [0.05, 0.1) is 23.3 Å². The number of nitrogens with zero attached hydrogens (tertiary/aromatic N) is 3. The highest BCUT2D eigenvalue weighted by Gasteiger charge is 2.16. The van der Waals surface area contributed by atoms with Gasteiger partial charge in [-0.05, 0) is 31.2 Å². The molecule has 0 saturated heterocycles. The molecule has 3 rings (SSSR count). The minimum atomic E-state index is -0.438. The van der Waals surface area contributed by atoms with Gasteiger partial charge < -0.3 is 5.73 Å². The summed E-state index contributed by atoms with van der Waals surface area (Å²) in [6, 6.07) is 6.71. The molecule has 2 heterocycles. The molecule has 0 aliphatic heterocycles. The van der Waals surface area contributed by atoms with Crippen LogP contribution in [-0.4, -0.2) is 14.5 Å². The molecule has 1 aromatic carbocycles. The van der Waals surface area contributed by atoms with Crippen molar-refractivity contribution in [3.05, 3.63) is 54.0 Å². The molecule has 1 atom stereocenters. The van der Waals surface area contributed by atoms with Crippen LogP contribution in [0.1, 0.15) is 18.8 Å². The molecule has 2 N–H and O–H groups in total. The number of hydrogen-bond acceptors (Lipinski definition) is 3. The van der Waals surface area contributed by atoms with E-state index in [4.69, 9.17) is 5.73 Å². The van der Waals surface area contributed by atoms with Crippen LogP contribution in [0, 0.1) is 11.6 Å². The SMILES string of the molecule is CC(N)c1nc2ccc(F)cc2n1-c1ccc(F)cn1. The van der Waals surface area contributed by atoms with Crippen molar-refractivity contribution in [3.63, 3.8) is 0 Å². The molecule has 0 spiro atoms. The fourth-order valence-electron chi connectivity index (χ4n) is 2.11. The van der Waals surface area contributed by atoms with E-state index >= 15 is 0 Å². The Kier molecular flexibility index (Phi) is 2.94. The van der Waals surface area contributed by atoms with Crippen molar-refractivity contribution in [1.82, 2.24) is 14.5 Å². The van der Waals surface area contributed by atoms with Crippen LogP contribution in [0.15, 0.2) is 36.5 Å². The van der Waals surface area contributed by atoms with Gasteiger partial charge in [0, 0.05) is 6.07 Å². The smallest absolute Gasteiger partial charge is 0.141 e. The standard InChI is InChI=1S/C14H12F2N4/c1-8(17)14-19-11-4-2-9(15)6-12(11)20(14)13-5-3-10(16)7-18-13/h2-8H,17H2,1H3. The van der Waals surface area contributed by atoms with Crippen LogP contribution in [0.25, 0.3) is 16.9 Å². The Morgan fingerprint density at radius 2 is 1.90 bits per heavy atom. The first-order valence-corrected chi connectivity index (χ1v) is 6.11. The Morgan fingerprint density at radius 3 is 2.55 bits per heavy atom. The van der Waals surface area contributed by atoms with Crippen molar-refractivity contribution < 1.29 is 8.78 Å². The largest absolute Gasteiger partial charge is 0.322 e. The quantitative estimate of drug-likeness (QED) is 0.781. The number of nitrogens with two attached hydrogens (primary N) is 1. The van der Waals surface area contributed by atoms with Gasteiger partial charge >= 0.3 is 0 Å². The van der Waals surface area contributed by atoms with Crippen LogP contribution in [-0.2, 0) is 0 Å². The predicted octanol–water partition coefficient (Wildman–Crippen LogP) is 2.72. The van der Waals surface area contributed by atoms with Crippen LogP contribution in [0.5, 0.6) is 0 Å². The molecule has 0 bridgehead atoms. The number of halogens is 2. The third-order valence-electron chi connectivity index (χ3n) is 2.99. The van der Waals surface area contributed by atoms with Crippen molar-refractivity contribution in [3.8, 4) is 5.82 Å². The first-order valence-electron chi connectivity index (χ1n) is 6.11. The summed E-state index contributed by atoms with van der Waals surface area (Å²) in [5.74, 6) is 0.181. The van der Waals surface area contributed by atoms with Crippen LogP contribution in [0.2, 0.25) is 0 Å². The van der Waals surface area contributed by atoms with E-state index in [-0.39, 0.29) is 11.9 Å². The molecule has 1 unspecified atom stereocenters. The second-order valence-corrected chi connectivity index (χ2v) is 4.56. The second-order valence-electron chi connectivity index (χ2n) is 4.56. The third-order valence-corrected chi connectivity index (χ3v) is 2.99. The summed E-state index contributed by atoms with van der Waals surface area (Å²) < 4.78 is 28.1. The van der Waals surface area contributed by atoms with Gasteiger partial charge in [0.15, 0.2) is 0 Å². The molecule has 0 fully saturated rings. The fourth-order valence-corrected chi connectivity index (χ4v) is 2.11. The van der Waals surface area contributed by atoms with E-state index in [9.17, 15) is 8.78 Å². The molecular weight excluding hydrogens is 262 g/mol. The Bertz CT molecular complexity index is 763. The van der Waals surface area contributed by atoms with E-state index in [1.807, 2.05) is 0 Å². The average Bonchev–Trinajstić information content (AvgIpc) is 2.78. The highest BCUT2D eigenvalue weighted by molar-refractivity contribution is 5.78. The summed E-state index contributed by atoms with van der Waals surface area (Å²) >= 11 is 0. The molecular formula is C14H12F2N4. The van der Waals surface area contributed by atoms with E-state index < -0.39 is 5.82 Å². The summed E-state index contributed by atoms with van der Waals surface area (Å²) in [6.07, 6.45) is 1.10. The minimum absolute atomic E-state index is 0.364. The molecule has 0 aliphatic rings. The highest BCUT2D eigenvalue weighted by atomic mass is 19.1. The van der Waals surface area contributed by atoms with E-state index in [1.54, 1.807) is 17.6 Å². The monoisotopic (exact) mass is 274 g/mol. The maximum atomic E-state index is 13.5. The number of hydrogen-bond donors (Lipinski definition) is 1. The number of aromatic nitrogens is 3. The van der Waals surface area contributed by atoms with E-state index in [2.05, 4.69) is 9.97 Å². The lowest BCUT2D eigenvalue weighted by atomic mass is 10.3. The normalized spacial score (nSPS) is 12.8. The van der Waals surface area contributed by atoms with Gasteiger partial charge in [-0.1, -0.05) is 0 Å². The molecule has 0 saturated carbocycles. The zero-order valence-electron chi connectivity index (χ0n) is 10.7. The first kappa shape index (κ1) is 12.7. The van der Waals surface area contributed by atoms with Crippen LogP contribution >= 0.6 is 0 Å². The molecule has 20 heavy (non-hydrogen) atoms. The molecule has 3 aromatic rings. The summed E-state index contributed by atoms with van der Waals surface area (Å²) in [4.78, 5) is 8.40. The fraction of sp³-hybridized carbons (Fsp3) is 0.143. The average molecular weight is 274 g/mol. The number of rotatable bonds is 2. The molecule has 4 nitrogen and oxygen atoms in total. The van der Waals surface area contributed by atoms with Gasteiger partial charge in [-0.25, -0.2) is 18.7 Å². The highest BCUT2D eigenvalue weighted by Crippen LogP contribution is 2.24. The van der Waals surface area contributed by atoms with Crippen molar-refractivity contribution in [1.29, 1.82) is 0 Å². The molecule has 2 aromatic heterocycles. The Balaban J connectivity index is 2.33. The molecule has 0 aliphatic carbocycles. The maximum absolute atomic E-state index is 13.5. The molecule has 102 valence electrons. The van der Waals surface area contributed by atoms with Gasteiger partial charge in [-0.15, -0.1) is 0 Å². The van der Waals surface area contributed by atoms with Gasteiger partial charge in [-0.3, -0.25) is 4.57 Å². The number of pyridine rings is 1. The molecule has 6 heteroatoms. The van der Waals surface area contributed by atoms with Crippen molar-refractivity contribution in [2.75, 3.05) is 0 Å². The third kappa shape index (κ3) is 2.04. The molecule has 0 radical (unpaired) electrons. The first-order chi connectivity index (χ1) is 9.56. The van der Waals surface area contributed by atoms with E-state index in [0.717, 1.165) is 6.20 Å². The van der Waals surface area contributed by atoms with E-state index in [1.165, 1.54) is 24.3 Å². The lowest BCUT2D eigenvalue weighted by Crippen LogP contribution is -2.13. The zero-order chi connectivity index (χ0) is 14.3. The minimum Gasteiger partial charge on any atom is -0.322 e. The van der Waals surface area contributed by atoms with Gasteiger partial charge in [0.2, 0.25) is 0 Å². The number of benzene rings is 1. The topological polar surface area (TPSA) is 56.7 Å². The second kappa shape index (κ2) is 4.64. The van der Waals surface area contributed by atoms with Gasteiger partial charge in [-0.2, -0.15) is 0 Å². The lowest BCUT2D eigenvalue weighted by molar-refractivity contribution is 0.619.